The first-order chi connectivity index (χ1) is 9.44. The van der Waals surface area contributed by atoms with Gasteiger partial charge in [0.25, 0.3) is 0 Å². The quantitative estimate of drug-likeness (QED) is 0.765. The molecule has 0 radical (unpaired) electrons. The van der Waals surface area contributed by atoms with Crippen molar-refractivity contribution in [3.05, 3.63) is 0 Å². The van der Waals surface area contributed by atoms with Crippen LogP contribution in [0.1, 0.15) is 59.8 Å². The van der Waals surface area contributed by atoms with Crippen LogP contribution in [0.4, 0.5) is 0 Å². The fourth-order valence-electron chi connectivity index (χ4n) is 4.90. The van der Waals surface area contributed by atoms with Gasteiger partial charge in [0.15, 0.2) is 0 Å². The van der Waals surface area contributed by atoms with E-state index in [2.05, 4.69) is 32.6 Å². The number of nitrogens with zero attached hydrogens (tertiary/aromatic N) is 1. The largest absolute Gasteiger partial charge is 0.342 e. The Morgan fingerprint density at radius 2 is 1.70 bits per heavy atom. The zero-order chi connectivity index (χ0) is 14.5. The first kappa shape index (κ1) is 14.4. The standard InChI is InChI=1S/C18H31NO/c1-12(2)14-6-7-18(10-15(14)13(3)4)11-16(18)17(20)19-8-5-9-19/h12-16H,5-11H2,1-4H3. The third-order valence-corrected chi connectivity index (χ3v) is 6.54. The van der Waals surface area contributed by atoms with Crippen LogP contribution >= 0.6 is 0 Å². The van der Waals surface area contributed by atoms with Crippen molar-refractivity contribution in [2.45, 2.75) is 59.8 Å². The highest BCUT2D eigenvalue weighted by atomic mass is 16.2. The van der Waals surface area contributed by atoms with E-state index >= 15 is 0 Å². The number of carbonyl (C=O) groups is 1. The van der Waals surface area contributed by atoms with Gasteiger partial charge in [0.05, 0.1) is 0 Å². The lowest BCUT2D eigenvalue weighted by Crippen LogP contribution is -2.44. The van der Waals surface area contributed by atoms with Gasteiger partial charge in [-0.15, -0.1) is 0 Å². The van der Waals surface area contributed by atoms with Crippen LogP contribution in [-0.2, 0) is 4.79 Å². The molecule has 3 aliphatic rings. The molecule has 1 aliphatic heterocycles. The summed E-state index contributed by atoms with van der Waals surface area (Å²) >= 11 is 0. The molecule has 4 unspecified atom stereocenters. The second-order valence-electron chi connectivity index (χ2n) is 8.36. The summed E-state index contributed by atoms with van der Waals surface area (Å²) in [6, 6.07) is 0. The average molecular weight is 277 g/mol. The van der Waals surface area contributed by atoms with E-state index < -0.39 is 0 Å². The molecule has 1 amide bonds. The van der Waals surface area contributed by atoms with Gasteiger partial charge in [-0.2, -0.15) is 0 Å². The highest BCUT2D eigenvalue weighted by Gasteiger charge is 2.61. The Bertz CT molecular complexity index is 385. The minimum absolute atomic E-state index is 0.386. The van der Waals surface area contributed by atoms with Crippen LogP contribution in [0.5, 0.6) is 0 Å². The number of amides is 1. The first-order valence-electron chi connectivity index (χ1n) is 8.73. The van der Waals surface area contributed by atoms with E-state index in [1.807, 2.05) is 0 Å². The number of likely N-dealkylation sites (tertiary alicyclic amines) is 1. The van der Waals surface area contributed by atoms with Crippen LogP contribution in [0, 0.1) is 35.0 Å². The highest BCUT2D eigenvalue weighted by molar-refractivity contribution is 5.83. The van der Waals surface area contributed by atoms with Gasteiger partial charge in [0, 0.05) is 19.0 Å². The Labute approximate surface area is 124 Å². The summed E-state index contributed by atoms with van der Waals surface area (Å²) in [4.78, 5) is 14.6. The van der Waals surface area contributed by atoms with Crippen molar-refractivity contribution >= 4 is 5.91 Å². The number of hydrogen-bond acceptors (Lipinski definition) is 1. The molecule has 1 heterocycles. The van der Waals surface area contributed by atoms with Crippen LogP contribution in [0.25, 0.3) is 0 Å². The lowest BCUT2D eigenvalue weighted by Gasteiger charge is -2.42. The van der Waals surface area contributed by atoms with Gasteiger partial charge in [0.1, 0.15) is 0 Å². The van der Waals surface area contributed by atoms with Crippen LogP contribution in [-0.4, -0.2) is 23.9 Å². The Morgan fingerprint density at radius 3 is 2.20 bits per heavy atom. The maximum Gasteiger partial charge on any atom is 0.226 e. The predicted molar refractivity (Wildman–Crippen MR) is 82.2 cm³/mol. The molecule has 1 saturated heterocycles. The predicted octanol–water partition coefficient (Wildman–Crippen LogP) is 3.95. The zero-order valence-corrected chi connectivity index (χ0v) is 13.7. The minimum Gasteiger partial charge on any atom is -0.342 e. The molecule has 2 heteroatoms. The van der Waals surface area contributed by atoms with Crippen molar-refractivity contribution in [1.82, 2.24) is 4.90 Å². The van der Waals surface area contributed by atoms with Crippen LogP contribution in [0.3, 0.4) is 0 Å². The Balaban J connectivity index is 1.67. The zero-order valence-electron chi connectivity index (χ0n) is 13.7. The van der Waals surface area contributed by atoms with Crippen molar-refractivity contribution < 1.29 is 4.79 Å². The van der Waals surface area contributed by atoms with Crippen LogP contribution < -0.4 is 0 Å². The Kier molecular flexibility index (Phi) is 3.63. The fourth-order valence-corrected chi connectivity index (χ4v) is 4.90. The Morgan fingerprint density at radius 1 is 1.05 bits per heavy atom. The molecule has 2 nitrogen and oxygen atoms in total. The minimum atomic E-state index is 0.386. The monoisotopic (exact) mass is 277 g/mol. The molecule has 0 aromatic rings. The summed E-state index contributed by atoms with van der Waals surface area (Å²) in [7, 11) is 0. The molecule has 2 aliphatic carbocycles. The second-order valence-corrected chi connectivity index (χ2v) is 8.36. The number of carbonyl (C=O) groups excluding carboxylic acids is 1. The molecule has 3 rings (SSSR count). The van der Waals surface area contributed by atoms with Crippen LogP contribution in [0.2, 0.25) is 0 Å². The molecule has 0 aromatic heterocycles. The average Bonchev–Trinajstić information content (AvgIpc) is 3.00. The molecule has 2 saturated carbocycles. The van der Waals surface area contributed by atoms with E-state index in [-0.39, 0.29) is 0 Å². The van der Waals surface area contributed by atoms with Crippen molar-refractivity contribution in [1.29, 1.82) is 0 Å². The van der Waals surface area contributed by atoms with Crippen molar-refractivity contribution in [2.24, 2.45) is 35.0 Å². The van der Waals surface area contributed by atoms with Gasteiger partial charge >= 0.3 is 0 Å². The topological polar surface area (TPSA) is 20.3 Å². The van der Waals surface area contributed by atoms with Gasteiger partial charge in [-0.25, -0.2) is 0 Å². The molecule has 0 N–H and O–H groups in total. The van der Waals surface area contributed by atoms with E-state index in [1.54, 1.807) is 0 Å². The van der Waals surface area contributed by atoms with E-state index in [9.17, 15) is 4.79 Å². The lowest BCUT2D eigenvalue weighted by atomic mass is 9.64. The molecule has 20 heavy (non-hydrogen) atoms. The summed E-state index contributed by atoms with van der Waals surface area (Å²) in [5.41, 5.74) is 0.410. The SMILES string of the molecule is CC(C)C1CCC2(CC1C(C)C)CC2C(=O)N1CCC1. The fraction of sp³-hybridized carbons (Fsp3) is 0.944. The molecule has 1 spiro atoms. The van der Waals surface area contributed by atoms with E-state index in [1.165, 1.54) is 32.1 Å². The molecular weight excluding hydrogens is 246 g/mol. The summed E-state index contributed by atoms with van der Waals surface area (Å²) in [6.07, 6.45) is 6.39. The van der Waals surface area contributed by atoms with E-state index in [0.717, 1.165) is 36.8 Å². The van der Waals surface area contributed by atoms with Crippen LogP contribution in [0.15, 0.2) is 0 Å². The molecular formula is C18H31NO. The first-order valence-corrected chi connectivity index (χ1v) is 8.73. The number of hydrogen-bond donors (Lipinski definition) is 0. The summed E-state index contributed by atoms with van der Waals surface area (Å²) in [5.74, 6) is 4.14. The van der Waals surface area contributed by atoms with Crippen molar-refractivity contribution in [2.75, 3.05) is 13.1 Å². The summed E-state index contributed by atoms with van der Waals surface area (Å²) in [5, 5.41) is 0. The molecule has 0 bridgehead atoms. The molecule has 114 valence electrons. The van der Waals surface area contributed by atoms with Gasteiger partial charge < -0.3 is 4.90 Å². The highest BCUT2D eigenvalue weighted by Crippen LogP contribution is 2.65. The summed E-state index contributed by atoms with van der Waals surface area (Å²) < 4.78 is 0. The normalized spacial score (nSPS) is 40.3. The molecule has 0 aromatic carbocycles. The van der Waals surface area contributed by atoms with Crippen molar-refractivity contribution in [3.63, 3.8) is 0 Å². The van der Waals surface area contributed by atoms with Gasteiger partial charge in [-0.1, -0.05) is 27.7 Å². The maximum atomic E-state index is 12.5. The number of rotatable bonds is 3. The Hall–Kier alpha value is -0.530. The molecule has 3 fully saturated rings. The third-order valence-electron chi connectivity index (χ3n) is 6.54. The van der Waals surface area contributed by atoms with Gasteiger partial charge in [-0.3, -0.25) is 4.79 Å². The van der Waals surface area contributed by atoms with Gasteiger partial charge in [0.2, 0.25) is 5.91 Å². The summed E-state index contributed by atoms with van der Waals surface area (Å²) in [6.45, 7) is 11.6. The van der Waals surface area contributed by atoms with E-state index in [0.29, 0.717) is 17.2 Å². The molecule has 4 atom stereocenters. The lowest BCUT2D eigenvalue weighted by molar-refractivity contribution is -0.137. The van der Waals surface area contributed by atoms with E-state index in [4.69, 9.17) is 0 Å². The van der Waals surface area contributed by atoms with Gasteiger partial charge in [-0.05, 0) is 61.2 Å². The maximum absolute atomic E-state index is 12.5. The second kappa shape index (κ2) is 5.03. The third kappa shape index (κ3) is 2.29. The smallest absolute Gasteiger partial charge is 0.226 e. The van der Waals surface area contributed by atoms with Crippen molar-refractivity contribution in [3.8, 4) is 0 Å².